The third-order valence-corrected chi connectivity index (χ3v) is 4.56. The van der Waals surface area contributed by atoms with Crippen molar-refractivity contribution in [3.63, 3.8) is 0 Å². The van der Waals surface area contributed by atoms with Crippen molar-refractivity contribution in [2.45, 2.75) is 64.0 Å². The fourth-order valence-corrected chi connectivity index (χ4v) is 3.51. The molecule has 0 aromatic carbocycles. The van der Waals surface area contributed by atoms with Crippen LogP contribution in [0.4, 0.5) is 0 Å². The van der Waals surface area contributed by atoms with Gasteiger partial charge in [0.25, 0.3) is 0 Å². The molecule has 1 aromatic rings. The van der Waals surface area contributed by atoms with Crippen LogP contribution in [-0.2, 0) is 5.54 Å². The summed E-state index contributed by atoms with van der Waals surface area (Å²) in [5.74, 6) is 1.69. The Morgan fingerprint density at radius 2 is 2.10 bits per heavy atom. The maximum absolute atomic E-state index is 5.83. The van der Waals surface area contributed by atoms with Crippen LogP contribution < -0.4 is 10.1 Å². The van der Waals surface area contributed by atoms with E-state index in [1.807, 2.05) is 12.4 Å². The Bertz CT molecular complexity index is 446. The van der Waals surface area contributed by atoms with Crippen molar-refractivity contribution in [1.82, 2.24) is 10.3 Å². The number of hydrogen-bond donors (Lipinski definition) is 1. The molecule has 0 amide bonds. The van der Waals surface area contributed by atoms with Crippen molar-refractivity contribution < 1.29 is 4.74 Å². The Hall–Kier alpha value is -1.09. The Morgan fingerprint density at radius 1 is 1.25 bits per heavy atom. The standard InChI is InChI=1S/C17H26N2O/c1-13(2)20-16-10-15(11-18-12-16)17(14-6-7-14)8-4-3-5-9-19-17/h10-14,19H,3-9H2,1-2H3. The molecule has 0 radical (unpaired) electrons. The van der Waals surface area contributed by atoms with Crippen molar-refractivity contribution >= 4 is 0 Å². The van der Waals surface area contributed by atoms with E-state index >= 15 is 0 Å². The first-order valence-corrected chi connectivity index (χ1v) is 8.08. The van der Waals surface area contributed by atoms with Crippen molar-refractivity contribution in [3.05, 3.63) is 24.0 Å². The van der Waals surface area contributed by atoms with Gasteiger partial charge in [0.15, 0.2) is 0 Å². The average Bonchev–Trinajstić information content (AvgIpc) is 3.25. The number of aromatic nitrogens is 1. The Kier molecular flexibility index (Phi) is 3.97. The number of nitrogens with zero attached hydrogens (tertiary/aromatic N) is 1. The molecule has 0 bridgehead atoms. The van der Waals surface area contributed by atoms with Gasteiger partial charge >= 0.3 is 0 Å². The quantitative estimate of drug-likeness (QED) is 0.910. The Morgan fingerprint density at radius 3 is 2.85 bits per heavy atom. The summed E-state index contributed by atoms with van der Waals surface area (Å²) in [6.07, 6.45) is 12.0. The number of ether oxygens (including phenoxy) is 1. The molecule has 1 atom stereocenters. The minimum atomic E-state index is 0.153. The third-order valence-electron chi connectivity index (χ3n) is 4.56. The summed E-state index contributed by atoms with van der Waals surface area (Å²) in [6, 6.07) is 2.21. The van der Waals surface area contributed by atoms with Gasteiger partial charge in [-0.1, -0.05) is 12.8 Å². The molecule has 1 aliphatic heterocycles. The first kappa shape index (κ1) is 13.9. The molecule has 110 valence electrons. The van der Waals surface area contributed by atoms with E-state index in [1.165, 1.54) is 44.1 Å². The number of hydrogen-bond acceptors (Lipinski definition) is 3. The van der Waals surface area contributed by atoms with Gasteiger partial charge in [-0.3, -0.25) is 4.98 Å². The minimum absolute atomic E-state index is 0.153. The van der Waals surface area contributed by atoms with E-state index < -0.39 is 0 Å². The molecular weight excluding hydrogens is 248 g/mol. The lowest BCUT2D eigenvalue weighted by Crippen LogP contribution is -2.44. The second kappa shape index (κ2) is 5.72. The maximum Gasteiger partial charge on any atom is 0.138 e. The van der Waals surface area contributed by atoms with Crippen LogP contribution in [0.1, 0.15) is 57.9 Å². The molecule has 1 aliphatic carbocycles. The van der Waals surface area contributed by atoms with Gasteiger partial charge < -0.3 is 10.1 Å². The molecule has 3 heteroatoms. The highest BCUT2D eigenvalue weighted by Gasteiger charge is 2.46. The second-order valence-corrected chi connectivity index (χ2v) is 6.56. The first-order valence-electron chi connectivity index (χ1n) is 8.08. The van der Waals surface area contributed by atoms with Crippen molar-refractivity contribution in [1.29, 1.82) is 0 Å². The van der Waals surface area contributed by atoms with Crippen LogP contribution in [0, 0.1) is 5.92 Å². The van der Waals surface area contributed by atoms with Gasteiger partial charge in [0, 0.05) is 11.7 Å². The van der Waals surface area contributed by atoms with E-state index in [0.29, 0.717) is 0 Å². The van der Waals surface area contributed by atoms with Gasteiger partial charge in [-0.15, -0.1) is 0 Å². The Balaban J connectivity index is 1.90. The molecule has 3 rings (SSSR count). The van der Waals surface area contributed by atoms with E-state index in [1.54, 1.807) is 0 Å². The predicted octanol–water partition coefficient (Wildman–Crippen LogP) is 3.64. The van der Waals surface area contributed by atoms with Crippen LogP contribution >= 0.6 is 0 Å². The highest BCUT2D eigenvalue weighted by molar-refractivity contribution is 5.32. The highest BCUT2D eigenvalue weighted by Crippen LogP contribution is 2.49. The molecule has 2 aliphatic rings. The van der Waals surface area contributed by atoms with E-state index in [4.69, 9.17) is 4.74 Å². The summed E-state index contributed by atoms with van der Waals surface area (Å²) >= 11 is 0. The summed E-state index contributed by atoms with van der Waals surface area (Å²) in [7, 11) is 0. The molecule has 2 heterocycles. The monoisotopic (exact) mass is 274 g/mol. The van der Waals surface area contributed by atoms with Gasteiger partial charge in [0.1, 0.15) is 5.75 Å². The number of rotatable bonds is 4. The molecular formula is C17H26N2O. The zero-order valence-electron chi connectivity index (χ0n) is 12.7. The van der Waals surface area contributed by atoms with Crippen LogP contribution in [0.2, 0.25) is 0 Å². The molecule has 20 heavy (non-hydrogen) atoms. The zero-order valence-corrected chi connectivity index (χ0v) is 12.7. The third kappa shape index (κ3) is 2.83. The van der Waals surface area contributed by atoms with E-state index in [2.05, 4.69) is 30.2 Å². The van der Waals surface area contributed by atoms with Gasteiger partial charge in [0.2, 0.25) is 0 Å². The van der Waals surface area contributed by atoms with Gasteiger partial charge in [-0.25, -0.2) is 0 Å². The normalized spacial score (nSPS) is 27.4. The van der Waals surface area contributed by atoms with Crippen LogP contribution in [0.25, 0.3) is 0 Å². The lowest BCUT2D eigenvalue weighted by molar-refractivity contribution is 0.237. The summed E-state index contributed by atoms with van der Waals surface area (Å²) < 4.78 is 5.83. The molecule has 0 spiro atoms. The summed E-state index contributed by atoms with van der Waals surface area (Å²) in [5, 5.41) is 3.86. The lowest BCUT2D eigenvalue weighted by atomic mass is 9.82. The van der Waals surface area contributed by atoms with Crippen LogP contribution in [0.3, 0.4) is 0 Å². The van der Waals surface area contributed by atoms with E-state index in [-0.39, 0.29) is 11.6 Å². The van der Waals surface area contributed by atoms with Gasteiger partial charge in [-0.2, -0.15) is 0 Å². The van der Waals surface area contributed by atoms with E-state index in [0.717, 1.165) is 18.2 Å². The van der Waals surface area contributed by atoms with Crippen molar-refractivity contribution in [2.75, 3.05) is 6.54 Å². The number of nitrogens with one attached hydrogen (secondary N) is 1. The lowest BCUT2D eigenvalue weighted by Gasteiger charge is -2.35. The summed E-state index contributed by atoms with van der Waals surface area (Å²) in [5.41, 5.74) is 1.49. The van der Waals surface area contributed by atoms with Crippen LogP contribution in [-0.4, -0.2) is 17.6 Å². The smallest absolute Gasteiger partial charge is 0.138 e. The summed E-state index contributed by atoms with van der Waals surface area (Å²) in [4.78, 5) is 4.43. The molecule has 1 unspecified atom stereocenters. The van der Waals surface area contributed by atoms with Crippen molar-refractivity contribution in [3.8, 4) is 5.75 Å². The fourth-order valence-electron chi connectivity index (χ4n) is 3.51. The van der Waals surface area contributed by atoms with Crippen LogP contribution in [0.5, 0.6) is 5.75 Å². The Labute approximate surface area is 122 Å². The molecule has 3 nitrogen and oxygen atoms in total. The molecule has 1 aromatic heterocycles. The maximum atomic E-state index is 5.83. The summed E-state index contributed by atoms with van der Waals surface area (Å²) in [6.45, 7) is 5.26. The van der Waals surface area contributed by atoms with Gasteiger partial charge in [0.05, 0.1) is 12.3 Å². The molecule has 1 saturated carbocycles. The predicted molar refractivity (Wildman–Crippen MR) is 80.9 cm³/mol. The van der Waals surface area contributed by atoms with Crippen molar-refractivity contribution in [2.24, 2.45) is 5.92 Å². The first-order chi connectivity index (χ1) is 9.71. The molecule has 1 saturated heterocycles. The SMILES string of the molecule is CC(C)Oc1cncc(C2(C3CC3)CCCCCN2)c1. The largest absolute Gasteiger partial charge is 0.489 e. The minimum Gasteiger partial charge on any atom is -0.489 e. The average molecular weight is 274 g/mol. The topological polar surface area (TPSA) is 34.1 Å². The molecule has 1 N–H and O–H groups in total. The fraction of sp³-hybridized carbons (Fsp3) is 0.706. The highest BCUT2D eigenvalue weighted by atomic mass is 16.5. The second-order valence-electron chi connectivity index (χ2n) is 6.56. The zero-order chi connectivity index (χ0) is 14.0. The molecule has 2 fully saturated rings. The number of pyridine rings is 1. The van der Waals surface area contributed by atoms with Crippen LogP contribution in [0.15, 0.2) is 18.5 Å². The van der Waals surface area contributed by atoms with E-state index in [9.17, 15) is 0 Å². The van der Waals surface area contributed by atoms with Gasteiger partial charge in [-0.05, 0) is 63.6 Å².